The minimum Gasteiger partial charge on any atom is -0.334 e. The standard InChI is InChI=1S/C13H19N3O/c14-8-3-5-13(17)16(12-6-7-12)10-11-4-1-2-9-15-11/h1-2,4,9,12H,3,5-8,10,14H2. The molecule has 1 fully saturated rings. The van der Waals surface area contributed by atoms with Crippen LogP contribution in [0.1, 0.15) is 31.4 Å². The topological polar surface area (TPSA) is 59.2 Å². The van der Waals surface area contributed by atoms with Gasteiger partial charge in [0, 0.05) is 18.7 Å². The Kier molecular flexibility index (Phi) is 4.09. The number of carbonyl (C=O) groups excluding carboxylic acids is 1. The number of nitrogens with two attached hydrogens (primary N) is 1. The minimum absolute atomic E-state index is 0.212. The number of hydrogen-bond acceptors (Lipinski definition) is 3. The quantitative estimate of drug-likeness (QED) is 0.806. The van der Waals surface area contributed by atoms with Gasteiger partial charge in [-0.25, -0.2) is 0 Å². The summed E-state index contributed by atoms with van der Waals surface area (Å²) in [7, 11) is 0. The van der Waals surface area contributed by atoms with Crippen molar-refractivity contribution >= 4 is 5.91 Å². The molecule has 0 bridgehead atoms. The summed E-state index contributed by atoms with van der Waals surface area (Å²) in [6.45, 7) is 1.21. The number of carbonyl (C=O) groups is 1. The van der Waals surface area contributed by atoms with Crippen LogP contribution < -0.4 is 5.73 Å². The maximum absolute atomic E-state index is 12.0. The van der Waals surface area contributed by atoms with Gasteiger partial charge in [-0.2, -0.15) is 0 Å². The molecule has 1 aliphatic rings. The Balaban J connectivity index is 1.95. The summed E-state index contributed by atoms with van der Waals surface area (Å²) in [5.41, 5.74) is 6.40. The van der Waals surface area contributed by atoms with Gasteiger partial charge in [0.25, 0.3) is 0 Å². The van der Waals surface area contributed by atoms with E-state index in [-0.39, 0.29) is 5.91 Å². The van der Waals surface area contributed by atoms with Crippen molar-refractivity contribution in [1.29, 1.82) is 0 Å². The van der Waals surface area contributed by atoms with Gasteiger partial charge >= 0.3 is 0 Å². The van der Waals surface area contributed by atoms with Gasteiger partial charge in [-0.05, 0) is 37.9 Å². The van der Waals surface area contributed by atoms with Crippen LogP contribution in [0.5, 0.6) is 0 Å². The molecule has 1 heterocycles. The number of amides is 1. The average molecular weight is 233 g/mol. The summed E-state index contributed by atoms with van der Waals surface area (Å²) in [5.74, 6) is 0.212. The molecule has 17 heavy (non-hydrogen) atoms. The molecular formula is C13H19N3O. The van der Waals surface area contributed by atoms with E-state index in [2.05, 4.69) is 4.98 Å². The van der Waals surface area contributed by atoms with Crippen LogP contribution in [0.15, 0.2) is 24.4 Å². The first-order chi connectivity index (χ1) is 8.31. The molecule has 0 saturated heterocycles. The van der Waals surface area contributed by atoms with Crippen LogP contribution >= 0.6 is 0 Å². The van der Waals surface area contributed by atoms with Gasteiger partial charge in [-0.1, -0.05) is 6.07 Å². The van der Waals surface area contributed by atoms with Gasteiger partial charge in [0.1, 0.15) is 0 Å². The number of hydrogen-bond donors (Lipinski definition) is 1. The van der Waals surface area contributed by atoms with Gasteiger partial charge < -0.3 is 10.6 Å². The minimum atomic E-state index is 0.212. The Morgan fingerprint density at radius 2 is 2.29 bits per heavy atom. The van der Waals surface area contributed by atoms with E-state index in [1.807, 2.05) is 23.1 Å². The maximum Gasteiger partial charge on any atom is 0.223 e. The van der Waals surface area contributed by atoms with Crippen molar-refractivity contribution in [3.63, 3.8) is 0 Å². The molecule has 4 heteroatoms. The molecule has 0 spiro atoms. The molecule has 4 nitrogen and oxygen atoms in total. The van der Waals surface area contributed by atoms with E-state index in [0.29, 0.717) is 25.6 Å². The lowest BCUT2D eigenvalue weighted by molar-refractivity contribution is -0.132. The lowest BCUT2D eigenvalue weighted by atomic mass is 10.2. The van der Waals surface area contributed by atoms with Gasteiger partial charge in [-0.15, -0.1) is 0 Å². The predicted octanol–water partition coefficient (Wildman–Crippen LogP) is 1.31. The Labute approximate surface area is 102 Å². The van der Waals surface area contributed by atoms with E-state index in [1.54, 1.807) is 6.20 Å². The van der Waals surface area contributed by atoms with Crippen molar-refractivity contribution in [2.24, 2.45) is 5.73 Å². The monoisotopic (exact) mass is 233 g/mol. The van der Waals surface area contributed by atoms with Crippen LogP contribution in [0.4, 0.5) is 0 Å². The first kappa shape index (κ1) is 12.0. The van der Waals surface area contributed by atoms with E-state index in [9.17, 15) is 4.79 Å². The normalized spacial score (nSPS) is 14.6. The molecule has 1 aliphatic carbocycles. The number of rotatable bonds is 6. The highest BCUT2D eigenvalue weighted by atomic mass is 16.2. The molecule has 1 saturated carbocycles. The fourth-order valence-electron chi connectivity index (χ4n) is 1.87. The largest absolute Gasteiger partial charge is 0.334 e. The zero-order valence-electron chi connectivity index (χ0n) is 10.0. The molecule has 1 aromatic heterocycles. The average Bonchev–Trinajstić information content (AvgIpc) is 3.18. The number of aromatic nitrogens is 1. The number of nitrogens with zero attached hydrogens (tertiary/aromatic N) is 2. The summed E-state index contributed by atoms with van der Waals surface area (Å²) in [4.78, 5) is 18.3. The summed E-state index contributed by atoms with van der Waals surface area (Å²) < 4.78 is 0. The van der Waals surface area contributed by atoms with Crippen molar-refractivity contribution in [1.82, 2.24) is 9.88 Å². The molecule has 92 valence electrons. The Bertz CT molecular complexity index is 362. The third-order valence-corrected chi connectivity index (χ3v) is 2.96. The van der Waals surface area contributed by atoms with E-state index < -0.39 is 0 Å². The second-order valence-corrected chi connectivity index (χ2v) is 4.47. The van der Waals surface area contributed by atoms with Crippen molar-refractivity contribution in [2.75, 3.05) is 6.54 Å². The Morgan fingerprint density at radius 1 is 1.47 bits per heavy atom. The van der Waals surface area contributed by atoms with Crippen molar-refractivity contribution in [2.45, 2.75) is 38.3 Å². The fraction of sp³-hybridized carbons (Fsp3) is 0.538. The molecular weight excluding hydrogens is 214 g/mol. The van der Waals surface area contributed by atoms with Crippen molar-refractivity contribution in [3.05, 3.63) is 30.1 Å². The highest BCUT2D eigenvalue weighted by molar-refractivity contribution is 5.76. The lowest BCUT2D eigenvalue weighted by Crippen LogP contribution is -2.33. The molecule has 0 atom stereocenters. The third kappa shape index (κ3) is 3.53. The highest BCUT2D eigenvalue weighted by Crippen LogP contribution is 2.28. The first-order valence-corrected chi connectivity index (χ1v) is 6.20. The molecule has 0 aromatic carbocycles. The third-order valence-electron chi connectivity index (χ3n) is 2.96. The van der Waals surface area contributed by atoms with Gasteiger partial charge in [0.2, 0.25) is 5.91 Å². The van der Waals surface area contributed by atoms with Gasteiger partial charge in [0.05, 0.1) is 12.2 Å². The first-order valence-electron chi connectivity index (χ1n) is 6.20. The second kappa shape index (κ2) is 5.77. The molecule has 2 rings (SSSR count). The number of pyridine rings is 1. The SMILES string of the molecule is NCCCC(=O)N(Cc1ccccn1)C1CC1. The van der Waals surface area contributed by atoms with Crippen LogP contribution in [0.25, 0.3) is 0 Å². The van der Waals surface area contributed by atoms with E-state index in [0.717, 1.165) is 25.0 Å². The Hall–Kier alpha value is -1.42. The summed E-state index contributed by atoms with van der Waals surface area (Å²) in [5, 5.41) is 0. The molecule has 0 aliphatic heterocycles. The lowest BCUT2D eigenvalue weighted by Gasteiger charge is -2.22. The maximum atomic E-state index is 12.0. The molecule has 1 amide bonds. The molecule has 2 N–H and O–H groups in total. The molecule has 0 radical (unpaired) electrons. The molecule has 0 unspecified atom stereocenters. The van der Waals surface area contributed by atoms with Crippen LogP contribution in [0, 0.1) is 0 Å². The summed E-state index contributed by atoms with van der Waals surface area (Å²) in [6.07, 6.45) is 5.34. The predicted molar refractivity (Wildman–Crippen MR) is 66.1 cm³/mol. The van der Waals surface area contributed by atoms with Crippen LogP contribution in [-0.4, -0.2) is 28.4 Å². The van der Waals surface area contributed by atoms with Crippen LogP contribution in [-0.2, 0) is 11.3 Å². The highest BCUT2D eigenvalue weighted by Gasteiger charge is 2.32. The van der Waals surface area contributed by atoms with E-state index in [4.69, 9.17) is 5.73 Å². The van der Waals surface area contributed by atoms with Gasteiger partial charge in [0.15, 0.2) is 0 Å². The zero-order valence-corrected chi connectivity index (χ0v) is 10.0. The van der Waals surface area contributed by atoms with E-state index in [1.165, 1.54) is 0 Å². The second-order valence-electron chi connectivity index (χ2n) is 4.47. The fourth-order valence-corrected chi connectivity index (χ4v) is 1.87. The van der Waals surface area contributed by atoms with Crippen LogP contribution in [0.2, 0.25) is 0 Å². The van der Waals surface area contributed by atoms with Crippen molar-refractivity contribution < 1.29 is 4.79 Å². The smallest absolute Gasteiger partial charge is 0.223 e. The van der Waals surface area contributed by atoms with E-state index >= 15 is 0 Å². The van der Waals surface area contributed by atoms with Gasteiger partial charge in [-0.3, -0.25) is 9.78 Å². The summed E-state index contributed by atoms with van der Waals surface area (Å²) in [6, 6.07) is 6.24. The molecule has 1 aromatic rings. The zero-order chi connectivity index (χ0) is 12.1. The van der Waals surface area contributed by atoms with Crippen molar-refractivity contribution in [3.8, 4) is 0 Å². The summed E-state index contributed by atoms with van der Waals surface area (Å²) >= 11 is 0. The van der Waals surface area contributed by atoms with Crippen LogP contribution in [0.3, 0.4) is 0 Å². The Morgan fingerprint density at radius 3 is 2.88 bits per heavy atom.